The van der Waals surface area contributed by atoms with Crippen LogP contribution in [0.15, 0.2) is 59.7 Å². The van der Waals surface area contributed by atoms with Crippen molar-refractivity contribution in [2.24, 2.45) is 0 Å². The van der Waals surface area contributed by atoms with Gasteiger partial charge >= 0.3 is 12.4 Å². The second kappa shape index (κ2) is 7.75. The van der Waals surface area contributed by atoms with E-state index in [9.17, 15) is 35.9 Å². The summed E-state index contributed by atoms with van der Waals surface area (Å²) in [6, 6.07) is 2.66. The highest BCUT2D eigenvalue weighted by atomic mass is 35.5. The molecule has 2 rings (SSSR count). The van der Waals surface area contributed by atoms with Gasteiger partial charge in [-0.15, -0.1) is 0 Å². The summed E-state index contributed by atoms with van der Waals surface area (Å²) in [6.07, 6.45) is -8.77. The van der Waals surface area contributed by atoms with Crippen molar-refractivity contribution >= 4 is 33.7 Å². The van der Waals surface area contributed by atoms with Crippen LogP contribution in [0.2, 0.25) is 0 Å². The molecule has 1 aliphatic carbocycles. The highest BCUT2D eigenvalue weighted by Gasteiger charge is 2.72. The van der Waals surface area contributed by atoms with Crippen LogP contribution in [0.1, 0.15) is 22.3 Å². The fourth-order valence-corrected chi connectivity index (χ4v) is 3.12. The third-order valence-electron chi connectivity index (χ3n) is 4.18. The number of halogens is 8. The van der Waals surface area contributed by atoms with Crippen molar-refractivity contribution in [3.05, 3.63) is 70.8 Å². The normalized spacial score (nSPS) is 15.6. The second-order valence-electron chi connectivity index (χ2n) is 5.79. The SMILES string of the molecule is O=C(Cl)C1=CC=C(C(c2ccc(C(=O)Cl)cc2)(C(F)(F)F)C(F)(F)F)C=CC1. The lowest BCUT2D eigenvalue weighted by molar-refractivity contribution is -0.288. The molecule has 2 nitrogen and oxygen atoms in total. The van der Waals surface area contributed by atoms with Crippen LogP contribution in [-0.2, 0) is 10.2 Å². The van der Waals surface area contributed by atoms with Crippen molar-refractivity contribution in [3.8, 4) is 0 Å². The first kappa shape index (κ1) is 22.2. The van der Waals surface area contributed by atoms with E-state index >= 15 is 0 Å². The summed E-state index contributed by atoms with van der Waals surface area (Å²) >= 11 is 10.5. The predicted molar refractivity (Wildman–Crippen MR) is 91.2 cm³/mol. The lowest BCUT2D eigenvalue weighted by Gasteiger charge is -2.39. The van der Waals surface area contributed by atoms with Crippen LogP contribution in [0.3, 0.4) is 0 Å². The minimum absolute atomic E-state index is 0.158. The number of hydrogen-bond donors (Lipinski definition) is 0. The highest BCUT2D eigenvalue weighted by Crippen LogP contribution is 2.57. The maximum atomic E-state index is 14.0. The number of benzene rings is 1. The van der Waals surface area contributed by atoms with Crippen molar-refractivity contribution in [3.63, 3.8) is 0 Å². The molecular formula is C18H10Cl2F6O2. The molecule has 1 aliphatic rings. The monoisotopic (exact) mass is 442 g/mol. The van der Waals surface area contributed by atoms with Crippen LogP contribution in [0.25, 0.3) is 0 Å². The summed E-state index contributed by atoms with van der Waals surface area (Å²) in [5, 5.41) is -2.02. The van der Waals surface area contributed by atoms with E-state index in [0.29, 0.717) is 24.3 Å². The Morgan fingerprint density at radius 2 is 1.36 bits per heavy atom. The molecule has 0 saturated heterocycles. The molecular weight excluding hydrogens is 433 g/mol. The molecule has 0 aliphatic heterocycles. The van der Waals surface area contributed by atoms with Gasteiger partial charge in [-0.3, -0.25) is 9.59 Å². The van der Waals surface area contributed by atoms with Crippen molar-refractivity contribution in [2.75, 3.05) is 0 Å². The molecule has 1 aromatic carbocycles. The fraction of sp³-hybridized carbons (Fsp3) is 0.222. The molecule has 0 heterocycles. The standard InChI is InChI=1S/C18H10Cl2F6O2/c19-14(27)10-2-1-3-12(7-4-10)16(17(21,22)23,18(24,25)26)13-8-5-11(6-9-13)15(20)28/h1,3-9H,2H2. The van der Waals surface area contributed by atoms with E-state index in [2.05, 4.69) is 0 Å². The van der Waals surface area contributed by atoms with Gasteiger partial charge in [0.2, 0.25) is 10.7 Å². The molecule has 0 aromatic heterocycles. The van der Waals surface area contributed by atoms with Gasteiger partial charge in [-0.2, -0.15) is 26.3 Å². The molecule has 0 saturated carbocycles. The number of allylic oxidation sites excluding steroid dienone is 6. The van der Waals surface area contributed by atoms with E-state index in [4.69, 9.17) is 23.2 Å². The number of carbonyl (C=O) groups is 2. The van der Waals surface area contributed by atoms with Gasteiger partial charge < -0.3 is 0 Å². The van der Waals surface area contributed by atoms with Gasteiger partial charge in [-0.1, -0.05) is 36.4 Å². The zero-order valence-corrected chi connectivity index (χ0v) is 15.2. The number of alkyl halides is 6. The largest absolute Gasteiger partial charge is 0.411 e. The molecule has 0 radical (unpaired) electrons. The smallest absolute Gasteiger partial charge is 0.276 e. The first-order chi connectivity index (χ1) is 12.8. The first-order valence-corrected chi connectivity index (χ1v) is 8.29. The number of rotatable bonds is 4. The van der Waals surface area contributed by atoms with Crippen LogP contribution in [0.4, 0.5) is 26.3 Å². The van der Waals surface area contributed by atoms with Gasteiger partial charge in [-0.05, 0) is 52.9 Å². The average molecular weight is 443 g/mol. The lowest BCUT2D eigenvalue weighted by Crippen LogP contribution is -2.55. The molecule has 0 bridgehead atoms. The van der Waals surface area contributed by atoms with Gasteiger partial charge in [-0.25, -0.2) is 0 Å². The van der Waals surface area contributed by atoms with Gasteiger partial charge in [0.15, 0.2) is 0 Å². The van der Waals surface area contributed by atoms with Gasteiger partial charge in [0.05, 0.1) is 0 Å². The Morgan fingerprint density at radius 3 is 1.79 bits per heavy atom. The summed E-state index contributed by atoms with van der Waals surface area (Å²) in [5.41, 5.74) is -7.12. The van der Waals surface area contributed by atoms with Crippen LogP contribution in [0.5, 0.6) is 0 Å². The van der Waals surface area contributed by atoms with Crippen LogP contribution >= 0.6 is 23.2 Å². The summed E-state index contributed by atoms with van der Waals surface area (Å²) in [4.78, 5) is 22.3. The average Bonchev–Trinajstić information content (AvgIpc) is 2.79. The quantitative estimate of drug-likeness (QED) is 0.422. The zero-order valence-electron chi connectivity index (χ0n) is 13.7. The summed E-state index contributed by atoms with van der Waals surface area (Å²) in [5.74, 6) is 0. The van der Waals surface area contributed by atoms with E-state index in [1.165, 1.54) is 0 Å². The van der Waals surface area contributed by atoms with E-state index in [1.807, 2.05) is 0 Å². The van der Waals surface area contributed by atoms with E-state index in [0.717, 1.165) is 24.3 Å². The molecule has 0 N–H and O–H groups in total. The van der Waals surface area contributed by atoms with Gasteiger partial charge in [0.1, 0.15) is 0 Å². The Labute approximate surface area is 165 Å². The molecule has 0 unspecified atom stereocenters. The van der Waals surface area contributed by atoms with Crippen LogP contribution in [-0.4, -0.2) is 22.8 Å². The maximum Gasteiger partial charge on any atom is 0.411 e. The molecule has 0 fully saturated rings. The second-order valence-corrected chi connectivity index (χ2v) is 6.48. The van der Waals surface area contributed by atoms with Crippen molar-refractivity contribution in [1.82, 2.24) is 0 Å². The summed E-state index contributed by atoms with van der Waals surface area (Å²) in [7, 11) is 0. The molecule has 1 aromatic rings. The Kier molecular flexibility index (Phi) is 6.16. The molecule has 28 heavy (non-hydrogen) atoms. The van der Waals surface area contributed by atoms with E-state index < -0.39 is 39.4 Å². The molecule has 10 heteroatoms. The van der Waals surface area contributed by atoms with E-state index in [1.54, 1.807) is 0 Å². The minimum atomic E-state index is -5.79. The minimum Gasteiger partial charge on any atom is -0.276 e. The molecule has 0 spiro atoms. The Bertz CT molecular complexity index is 863. The Balaban J connectivity index is 2.83. The highest BCUT2D eigenvalue weighted by molar-refractivity contribution is 6.68. The lowest BCUT2D eigenvalue weighted by atomic mass is 9.72. The van der Waals surface area contributed by atoms with Gasteiger partial charge in [0.25, 0.3) is 5.24 Å². The number of carbonyl (C=O) groups excluding carboxylic acids is 2. The van der Waals surface area contributed by atoms with Gasteiger partial charge in [0, 0.05) is 11.1 Å². The van der Waals surface area contributed by atoms with Crippen molar-refractivity contribution in [1.29, 1.82) is 0 Å². The van der Waals surface area contributed by atoms with Crippen molar-refractivity contribution in [2.45, 2.75) is 24.2 Å². The molecule has 0 amide bonds. The van der Waals surface area contributed by atoms with Crippen LogP contribution in [0, 0.1) is 0 Å². The van der Waals surface area contributed by atoms with Crippen LogP contribution < -0.4 is 0 Å². The maximum absolute atomic E-state index is 14.0. The predicted octanol–water partition coefficient (Wildman–Crippen LogP) is 6.01. The Hall–Kier alpha value is -2.06. The fourth-order valence-electron chi connectivity index (χ4n) is 2.86. The molecule has 0 atom stereocenters. The topological polar surface area (TPSA) is 34.1 Å². The summed E-state index contributed by atoms with van der Waals surface area (Å²) in [6.45, 7) is 0. The summed E-state index contributed by atoms with van der Waals surface area (Å²) < 4.78 is 83.9. The Morgan fingerprint density at radius 1 is 0.821 bits per heavy atom. The number of hydrogen-bond acceptors (Lipinski definition) is 2. The third kappa shape index (κ3) is 3.89. The molecule has 150 valence electrons. The zero-order chi connectivity index (χ0) is 21.3. The third-order valence-corrected chi connectivity index (χ3v) is 4.64. The van der Waals surface area contributed by atoms with E-state index in [-0.39, 0.29) is 17.6 Å². The first-order valence-electron chi connectivity index (χ1n) is 7.54. The van der Waals surface area contributed by atoms with Crippen molar-refractivity contribution < 1.29 is 35.9 Å².